The highest BCUT2D eigenvalue weighted by Gasteiger charge is 2.45. The highest BCUT2D eigenvalue weighted by atomic mass is 16.5. The van der Waals surface area contributed by atoms with Gasteiger partial charge in [0.05, 0.1) is 25.3 Å². The zero-order valence-electron chi connectivity index (χ0n) is 18.9. The van der Waals surface area contributed by atoms with Crippen LogP contribution in [0.25, 0.3) is 5.76 Å². The molecule has 1 heterocycles. The lowest BCUT2D eigenvalue weighted by Crippen LogP contribution is -2.31. The number of hydrogen-bond acceptors (Lipinski definition) is 6. The summed E-state index contributed by atoms with van der Waals surface area (Å²) in [7, 11) is 3.16. The molecule has 0 spiro atoms. The number of aryl methyl sites for hydroxylation is 1. The van der Waals surface area contributed by atoms with E-state index in [1.54, 1.807) is 44.6 Å². The Hall–Kier alpha value is -3.32. The summed E-state index contributed by atoms with van der Waals surface area (Å²) in [6, 6.07) is 11.7. The van der Waals surface area contributed by atoms with Crippen LogP contribution in [-0.2, 0) is 14.3 Å². The Morgan fingerprint density at radius 3 is 2.41 bits per heavy atom. The third kappa shape index (κ3) is 4.62. The molecule has 1 N–H and O–H groups in total. The lowest BCUT2D eigenvalue weighted by atomic mass is 9.94. The van der Waals surface area contributed by atoms with Crippen molar-refractivity contribution in [1.82, 2.24) is 4.90 Å². The number of aliphatic hydroxyl groups excluding tert-OH is 1. The second kappa shape index (κ2) is 10.3. The van der Waals surface area contributed by atoms with Crippen LogP contribution in [-0.4, -0.2) is 55.7 Å². The zero-order valence-corrected chi connectivity index (χ0v) is 18.9. The van der Waals surface area contributed by atoms with Gasteiger partial charge in [0.1, 0.15) is 17.3 Å². The van der Waals surface area contributed by atoms with Crippen LogP contribution in [0.15, 0.2) is 48.0 Å². The van der Waals surface area contributed by atoms with Gasteiger partial charge >= 0.3 is 0 Å². The molecular weight excluding hydrogens is 410 g/mol. The molecule has 1 unspecified atom stereocenters. The van der Waals surface area contributed by atoms with Crippen molar-refractivity contribution in [2.75, 3.05) is 34.0 Å². The maximum absolute atomic E-state index is 13.0. The maximum atomic E-state index is 13.0. The third-order valence-electron chi connectivity index (χ3n) is 5.46. The molecule has 1 amide bonds. The number of benzene rings is 2. The monoisotopic (exact) mass is 439 g/mol. The molecule has 0 radical (unpaired) electrons. The normalized spacial score (nSPS) is 17.6. The molecule has 2 aromatic rings. The number of methoxy groups -OCH3 is 2. The lowest BCUT2D eigenvalue weighted by molar-refractivity contribution is -0.140. The van der Waals surface area contributed by atoms with E-state index in [-0.39, 0.29) is 11.3 Å². The van der Waals surface area contributed by atoms with Gasteiger partial charge in [-0.15, -0.1) is 0 Å². The van der Waals surface area contributed by atoms with Gasteiger partial charge in [0.25, 0.3) is 11.7 Å². The van der Waals surface area contributed by atoms with E-state index < -0.39 is 17.7 Å². The number of Topliss-reactive ketones (excluding diaryl/α,β-unsaturated/α-hetero) is 1. The van der Waals surface area contributed by atoms with Gasteiger partial charge in [-0.25, -0.2) is 0 Å². The molecule has 1 aliphatic heterocycles. The molecule has 1 fully saturated rings. The average Bonchev–Trinajstić information content (AvgIpc) is 3.04. The Morgan fingerprint density at radius 2 is 1.81 bits per heavy atom. The maximum Gasteiger partial charge on any atom is 0.295 e. The molecule has 7 nitrogen and oxygen atoms in total. The summed E-state index contributed by atoms with van der Waals surface area (Å²) in [5.74, 6) is -0.177. The van der Waals surface area contributed by atoms with E-state index in [0.29, 0.717) is 43.2 Å². The molecule has 0 bridgehead atoms. The highest BCUT2D eigenvalue weighted by Crippen LogP contribution is 2.40. The number of ether oxygens (including phenoxy) is 3. The van der Waals surface area contributed by atoms with Crippen LogP contribution in [0.3, 0.4) is 0 Å². The number of nitrogens with zero attached hydrogens (tertiary/aromatic N) is 1. The SMILES string of the molecule is CCOc1ccc(C2/C(=C(\O)c3ccc(OC)c(C)c3)C(=O)C(=O)N2CCCOC)cc1. The third-order valence-corrected chi connectivity index (χ3v) is 5.46. The lowest BCUT2D eigenvalue weighted by Gasteiger charge is -2.25. The zero-order chi connectivity index (χ0) is 23.3. The summed E-state index contributed by atoms with van der Waals surface area (Å²) in [6.07, 6.45) is 0.568. The van der Waals surface area contributed by atoms with Crippen LogP contribution in [0.1, 0.15) is 36.1 Å². The Labute approximate surface area is 188 Å². The standard InChI is InChI=1S/C25H29NO6/c1-5-32-19-10-7-17(8-11-19)22-21(24(28)25(29)26(22)13-6-14-30-3)23(27)18-9-12-20(31-4)16(2)15-18/h7-12,15,22,27H,5-6,13-14H2,1-4H3/b23-21+. The number of carbonyl (C=O) groups excluding carboxylic acids is 2. The molecule has 7 heteroatoms. The fraction of sp³-hybridized carbons (Fsp3) is 0.360. The van der Waals surface area contributed by atoms with Gasteiger partial charge in [-0.05, 0) is 61.7 Å². The fourth-order valence-corrected chi connectivity index (χ4v) is 3.93. The number of likely N-dealkylation sites (tertiary alicyclic amines) is 1. The number of amides is 1. The Kier molecular flexibility index (Phi) is 7.53. The quantitative estimate of drug-likeness (QED) is 0.276. The minimum atomic E-state index is -0.704. The Bertz CT molecular complexity index is 1010. The topological polar surface area (TPSA) is 85.3 Å². The van der Waals surface area contributed by atoms with E-state index in [1.165, 1.54) is 4.90 Å². The molecule has 170 valence electrons. The van der Waals surface area contributed by atoms with Crippen molar-refractivity contribution in [3.63, 3.8) is 0 Å². The number of aliphatic hydroxyl groups is 1. The summed E-state index contributed by atoms with van der Waals surface area (Å²) in [5, 5.41) is 11.1. The van der Waals surface area contributed by atoms with Crippen LogP contribution in [0.2, 0.25) is 0 Å². The predicted molar refractivity (Wildman–Crippen MR) is 121 cm³/mol. The first-order chi connectivity index (χ1) is 15.4. The van der Waals surface area contributed by atoms with Crippen LogP contribution < -0.4 is 9.47 Å². The van der Waals surface area contributed by atoms with Gasteiger partial charge in [-0.1, -0.05) is 12.1 Å². The summed E-state index contributed by atoms with van der Waals surface area (Å²) < 4.78 is 15.9. The van der Waals surface area contributed by atoms with Crippen molar-refractivity contribution in [3.8, 4) is 11.5 Å². The van der Waals surface area contributed by atoms with E-state index in [4.69, 9.17) is 14.2 Å². The molecule has 1 saturated heterocycles. The fourth-order valence-electron chi connectivity index (χ4n) is 3.93. The van der Waals surface area contributed by atoms with Gasteiger partial charge in [0, 0.05) is 25.8 Å². The number of hydrogen-bond donors (Lipinski definition) is 1. The van der Waals surface area contributed by atoms with Crippen molar-refractivity contribution in [3.05, 3.63) is 64.7 Å². The second-order valence-corrected chi connectivity index (χ2v) is 7.53. The van der Waals surface area contributed by atoms with Gasteiger partial charge in [0.15, 0.2) is 0 Å². The van der Waals surface area contributed by atoms with Gasteiger partial charge in [0.2, 0.25) is 0 Å². The predicted octanol–water partition coefficient (Wildman–Crippen LogP) is 3.86. The molecule has 0 aliphatic carbocycles. The summed E-state index contributed by atoms with van der Waals surface area (Å²) >= 11 is 0. The van der Waals surface area contributed by atoms with E-state index in [9.17, 15) is 14.7 Å². The first-order valence-corrected chi connectivity index (χ1v) is 10.6. The van der Waals surface area contributed by atoms with Crippen LogP contribution >= 0.6 is 0 Å². The smallest absolute Gasteiger partial charge is 0.295 e. The molecule has 1 aliphatic rings. The number of carbonyl (C=O) groups is 2. The first-order valence-electron chi connectivity index (χ1n) is 10.6. The minimum Gasteiger partial charge on any atom is -0.507 e. The largest absolute Gasteiger partial charge is 0.507 e. The molecule has 0 aromatic heterocycles. The average molecular weight is 440 g/mol. The van der Waals surface area contributed by atoms with Crippen LogP contribution in [0.5, 0.6) is 11.5 Å². The molecule has 0 saturated carbocycles. The van der Waals surface area contributed by atoms with Crippen molar-refractivity contribution in [2.45, 2.75) is 26.3 Å². The summed E-state index contributed by atoms with van der Waals surface area (Å²) in [4.78, 5) is 27.4. The van der Waals surface area contributed by atoms with Crippen molar-refractivity contribution in [2.24, 2.45) is 0 Å². The molecule has 3 rings (SSSR count). The molecule has 1 atom stereocenters. The molecule has 32 heavy (non-hydrogen) atoms. The summed E-state index contributed by atoms with van der Waals surface area (Å²) in [6.45, 7) is 5.06. The van der Waals surface area contributed by atoms with Gasteiger partial charge in [-0.2, -0.15) is 0 Å². The highest BCUT2D eigenvalue weighted by molar-refractivity contribution is 6.46. The van der Waals surface area contributed by atoms with Gasteiger partial charge in [-0.3, -0.25) is 9.59 Å². The van der Waals surface area contributed by atoms with E-state index >= 15 is 0 Å². The number of rotatable bonds is 9. The Balaban J connectivity index is 2.10. The van der Waals surface area contributed by atoms with Crippen molar-refractivity contribution >= 4 is 17.4 Å². The second-order valence-electron chi connectivity index (χ2n) is 7.53. The Morgan fingerprint density at radius 1 is 1.09 bits per heavy atom. The van der Waals surface area contributed by atoms with Crippen LogP contribution in [0, 0.1) is 6.92 Å². The molecule has 2 aromatic carbocycles. The minimum absolute atomic E-state index is 0.0705. The van der Waals surface area contributed by atoms with Crippen LogP contribution in [0.4, 0.5) is 0 Å². The first kappa shape index (κ1) is 23.3. The van der Waals surface area contributed by atoms with Crippen molar-refractivity contribution < 1.29 is 28.9 Å². The van der Waals surface area contributed by atoms with E-state index in [1.807, 2.05) is 26.0 Å². The van der Waals surface area contributed by atoms with Crippen molar-refractivity contribution in [1.29, 1.82) is 0 Å². The summed E-state index contributed by atoms with van der Waals surface area (Å²) in [5.41, 5.74) is 2.05. The van der Waals surface area contributed by atoms with Gasteiger partial charge < -0.3 is 24.2 Å². The van der Waals surface area contributed by atoms with E-state index in [2.05, 4.69) is 0 Å². The number of ketones is 1. The molecular formula is C25H29NO6. The van der Waals surface area contributed by atoms with E-state index in [0.717, 1.165) is 11.1 Å².